The second-order valence-corrected chi connectivity index (χ2v) is 2.26. The van der Waals surface area contributed by atoms with Crippen molar-refractivity contribution in [3.05, 3.63) is 0 Å². The fraction of sp³-hybridized carbons (Fsp3) is 0.750. The zero-order valence-electron chi connectivity index (χ0n) is 4.33. The molecule has 1 N–H and O–H groups in total. The molecule has 1 heterocycles. The fourth-order valence-electron chi connectivity index (χ4n) is 0.479. The Morgan fingerprint density at radius 1 is 1.75 bits per heavy atom. The molecule has 0 aliphatic carbocycles. The predicted octanol–water partition coefficient (Wildman–Crippen LogP) is 0.885. The van der Waals surface area contributed by atoms with Crippen molar-refractivity contribution in [2.24, 2.45) is 5.16 Å². The fourth-order valence-corrected chi connectivity index (χ4v) is 1.10. The third kappa shape index (κ3) is 1.38. The van der Waals surface area contributed by atoms with Crippen LogP contribution in [0.15, 0.2) is 5.16 Å². The van der Waals surface area contributed by atoms with Gasteiger partial charge in [-0.2, -0.15) is 0 Å². The second kappa shape index (κ2) is 2.94. The lowest BCUT2D eigenvalue weighted by molar-refractivity contribution is 0.311. The first-order valence-corrected chi connectivity index (χ1v) is 3.29. The average Bonchev–Trinajstić information content (AvgIpc) is 1.90. The molecule has 0 aromatic rings. The Morgan fingerprint density at radius 3 is 3.00 bits per heavy atom. The predicted molar refractivity (Wildman–Crippen MR) is 32.2 cm³/mol. The van der Waals surface area contributed by atoms with Crippen molar-refractivity contribution in [1.29, 1.82) is 0 Å². The zero-order chi connectivity index (χ0) is 5.82. The van der Waals surface area contributed by atoms with E-state index in [0.717, 1.165) is 12.1 Å². The normalized spacial score (nSPS) is 26.2. The minimum absolute atomic E-state index is 0.671. The molecule has 8 heavy (non-hydrogen) atoms. The highest BCUT2D eigenvalue weighted by Crippen LogP contribution is 2.11. The molecule has 1 aliphatic rings. The van der Waals surface area contributed by atoms with Gasteiger partial charge in [0.05, 0.1) is 18.1 Å². The minimum atomic E-state index is 0.671. The molecule has 0 unspecified atom stereocenters. The van der Waals surface area contributed by atoms with Crippen molar-refractivity contribution in [1.82, 2.24) is 0 Å². The molecule has 0 bridgehead atoms. The van der Waals surface area contributed by atoms with E-state index in [2.05, 4.69) is 5.16 Å². The number of hydrogen-bond acceptors (Lipinski definition) is 4. The molecule has 46 valence electrons. The van der Waals surface area contributed by atoms with Crippen LogP contribution in [0.2, 0.25) is 0 Å². The first kappa shape index (κ1) is 5.91. The highest BCUT2D eigenvalue weighted by Gasteiger charge is 2.06. The molecule has 1 fully saturated rings. The van der Waals surface area contributed by atoms with Crippen LogP contribution in [0.25, 0.3) is 0 Å². The number of oxime groups is 1. The molecular formula is C4H7NO2S. The van der Waals surface area contributed by atoms with Crippen LogP contribution in [0.3, 0.4) is 0 Å². The summed E-state index contributed by atoms with van der Waals surface area (Å²) < 4.78 is 4.93. The molecule has 0 saturated carbocycles. The summed E-state index contributed by atoms with van der Waals surface area (Å²) in [6.45, 7) is 0.671. The highest BCUT2D eigenvalue weighted by atomic mass is 32.2. The van der Waals surface area contributed by atoms with Gasteiger partial charge in [-0.05, 0) is 12.0 Å². The summed E-state index contributed by atoms with van der Waals surface area (Å²) in [5.41, 5.74) is 0.821. The molecule has 3 nitrogen and oxygen atoms in total. The van der Waals surface area contributed by atoms with E-state index in [1.165, 1.54) is 12.0 Å². The van der Waals surface area contributed by atoms with Crippen LogP contribution in [0.1, 0.15) is 6.42 Å². The van der Waals surface area contributed by atoms with Crippen LogP contribution in [-0.4, -0.2) is 23.3 Å². The Kier molecular flexibility index (Phi) is 2.17. The Morgan fingerprint density at radius 2 is 2.62 bits per heavy atom. The molecule has 0 amide bonds. The highest BCUT2D eigenvalue weighted by molar-refractivity contribution is 7.95. The molecule has 1 rings (SSSR count). The Labute approximate surface area is 51.9 Å². The summed E-state index contributed by atoms with van der Waals surface area (Å²) in [6, 6.07) is 0. The first-order chi connectivity index (χ1) is 3.93. The summed E-state index contributed by atoms with van der Waals surface area (Å²) >= 11 is 1.34. The summed E-state index contributed by atoms with van der Waals surface area (Å²) in [5, 5.41) is 11.3. The molecule has 1 aliphatic heterocycles. The van der Waals surface area contributed by atoms with E-state index in [1.807, 2.05) is 0 Å². The third-order valence-electron chi connectivity index (χ3n) is 0.924. The number of nitrogens with zero attached hydrogens (tertiary/aromatic N) is 1. The topological polar surface area (TPSA) is 41.8 Å². The van der Waals surface area contributed by atoms with Crippen LogP contribution in [0, 0.1) is 0 Å². The SMILES string of the molecule is ON=C1CCOSC1. The summed E-state index contributed by atoms with van der Waals surface area (Å²) in [5.74, 6) is 0.705. The van der Waals surface area contributed by atoms with Gasteiger partial charge in [-0.15, -0.1) is 0 Å². The van der Waals surface area contributed by atoms with Crippen molar-refractivity contribution in [3.63, 3.8) is 0 Å². The van der Waals surface area contributed by atoms with Crippen LogP contribution in [-0.2, 0) is 4.18 Å². The maximum Gasteiger partial charge on any atom is 0.0716 e. The lowest BCUT2D eigenvalue weighted by Gasteiger charge is -2.08. The largest absolute Gasteiger partial charge is 0.411 e. The Balaban J connectivity index is 2.33. The van der Waals surface area contributed by atoms with Crippen LogP contribution in [0.5, 0.6) is 0 Å². The molecule has 0 aromatic heterocycles. The lowest BCUT2D eigenvalue weighted by atomic mass is 10.3. The standard InChI is InChI=1S/C4H7NO2S/c6-5-4-1-2-7-8-3-4/h6H,1-3H2. The van der Waals surface area contributed by atoms with E-state index in [4.69, 9.17) is 9.39 Å². The van der Waals surface area contributed by atoms with Gasteiger partial charge in [0.15, 0.2) is 0 Å². The summed E-state index contributed by atoms with van der Waals surface area (Å²) in [4.78, 5) is 0. The van der Waals surface area contributed by atoms with Gasteiger partial charge >= 0.3 is 0 Å². The van der Waals surface area contributed by atoms with Crippen molar-refractivity contribution in [2.45, 2.75) is 6.42 Å². The van der Waals surface area contributed by atoms with E-state index >= 15 is 0 Å². The minimum Gasteiger partial charge on any atom is -0.411 e. The van der Waals surface area contributed by atoms with E-state index in [0.29, 0.717) is 12.4 Å². The van der Waals surface area contributed by atoms with Gasteiger partial charge in [-0.25, -0.2) is 0 Å². The maximum atomic E-state index is 8.21. The van der Waals surface area contributed by atoms with Crippen LogP contribution >= 0.6 is 12.0 Å². The summed E-state index contributed by atoms with van der Waals surface area (Å²) in [7, 11) is 0. The lowest BCUT2D eigenvalue weighted by Crippen LogP contribution is -2.11. The molecular weight excluding hydrogens is 126 g/mol. The van der Waals surface area contributed by atoms with E-state index in [-0.39, 0.29) is 0 Å². The number of hydrogen-bond donors (Lipinski definition) is 1. The van der Waals surface area contributed by atoms with Gasteiger partial charge in [0.25, 0.3) is 0 Å². The van der Waals surface area contributed by atoms with E-state index < -0.39 is 0 Å². The smallest absolute Gasteiger partial charge is 0.0716 e. The molecule has 4 heteroatoms. The van der Waals surface area contributed by atoms with E-state index in [1.54, 1.807) is 0 Å². The molecule has 1 saturated heterocycles. The molecule has 0 spiro atoms. The van der Waals surface area contributed by atoms with Crippen molar-refractivity contribution >= 4 is 17.8 Å². The quantitative estimate of drug-likeness (QED) is 0.303. The van der Waals surface area contributed by atoms with Crippen molar-refractivity contribution < 1.29 is 9.39 Å². The van der Waals surface area contributed by atoms with E-state index in [9.17, 15) is 0 Å². The monoisotopic (exact) mass is 133 g/mol. The van der Waals surface area contributed by atoms with Gasteiger partial charge < -0.3 is 9.39 Å². The first-order valence-electron chi connectivity index (χ1n) is 2.37. The van der Waals surface area contributed by atoms with Gasteiger partial charge in [0.1, 0.15) is 0 Å². The van der Waals surface area contributed by atoms with Crippen molar-refractivity contribution in [3.8, 4) is 0 Å². The molecule has 0 aromatic carbocycles. The Bertz CT molecular complexity index is 96.2. The zero-order valence-corrected chi connectivity index (χ0v) is 5.15. The molecule has 0 radical (unpaired) electrons. The van der Waals surface area contributed by atoms with Crippen LogP contribution in [0.4, 0.5) is 0 Å². The van der Waals surface area contributed by atoms with Crippen LogP contribution < -0.4 is 0 Å². The average molecular weight is 133 g/mol. The van der Waals surface area contributed by atoms with Gasteiger partial charge in [-0.1, -0.05) is 5.16 Å². The maximum absolute atomic E-state index is 8.21. The Hall–Kier alpha value is -0.220. The molecule has 0 atom stereocenters. The van der Waals surface area contributed by atoms with Gasteiger partial charge in [0, 0.05) is 6.42 Å². The number of rotatable bonds is 0. The van der Waals surface area contributed by atoms with Crippen molar-refractivity contribution in [2.75, 3.05) is 12.4 Å². The van der Waals surface area contributed by atoms with Gasteiger partial charge in [0.2, 0.25) is 0 Å². The second-order valence-electron chi connectivity index (χ2n) is 1.50. The summed E-state index contributed by atoms with van der Waals surface area (Å²) in [6.07, 6.45) is 0.767. The van der Waals surface area contributed by atoms with Gasteiger partial charge in [-0.3, -0.25) is 0 Å². The third-order valence-corrected chi connectivity index (χ3v) is 1.71.